The fraction of sp³-hybridized carbons (Fsp3) is 0.714. The van der Waals surface area contributed by atoms with E-state index in [-0.39, 0.29) is 0 Å². The smallest absolute Gasteiger partial charge is 0.0219 e. The van der Waals surface area contributed by atoms with Crippen LogP contribution in [0.2, 0.25) is 0 Å². The summed E-state index contributed by atoms with van der Waals surface area (Å²) in [5.74, 6) is 0. The van der Waals surface area contributed by atoms with Gasteiger partial charge in [0, 0.05) is 18.9 Å². The second kappa shape index (κ2) is 7.56. The Bertz CT molecular complexity index is 250. The molecule has 0 fully saturated rings. The molecule has 0 aliphatic carbocycles. The number of hydrogen-bond donors (Lipinski definition) is 0. The molecule has 0 aliphatic rings. The average Bonchev–Trinajstić information content (AvgIpc) is 2.63. The number of aromatic nitrogens is 1. The van der Waals surface area contributed by atoms with Crippen LogP contribution in [0, 0.1) is 6.92 Å². The predicted octanol–water partition coefficient (Wildman–Crippen LogP) is 4.55. The number of unbranched alkanes of at least 4 members (excludes halogenated alkanes) is 6. The van der Waals surface area contributed by atoms with Crippen LogP contribution in [-0.4, -0.2) is 4.57 Å². The van der Waals surface area contributed by atoms with Crippen LogP contribution in [0.1, 0.15) is 57.4 Å². The lowest BCUT2D eigenvalue weighted by Gasteiger charge is -2.03. The van der Waals surface area contributed by atoms with Crippen molar-refractivity contribution in [3.05, 3.63) is 24.0 Å². The zero-order chi connectivity index (χ0) is 10.9. The predicted molar refractivity (Wildman–Crippen MR) is 67.2 cm³/mol. The molecule has 0 spiro atoms. The van der Waals surface area contributed by atoms with Crippen LogP contribution in [0.25, 0.3) is 0 Å². The maximum atomic E-state index is 2.31. The molecule has 1 heterocycles. The Morgan fingerprint density at radius 3 is 2.27 bits per heavy atom. The van der Waals surface area contributed by atoms with Crippen LogP contribution in [0.3, 0.4) is 0 Å². The monoisotopic (exact) mass is 207 g/mol. The minimum atomic E-state index is 1.20. The third kappa shape index (κ3) is 5.66. The Morgan fingerprint density at radius 1 is 1.00 bits per heavy atom. The van der Waals surface area contributed by atoms with E-state index in [1.807, 2.05) is 0 Å². The van der Waals surface area contributed by atoms with E-state index in [0.29, 0.717) is 0 Å². The van der Waals surface area contributed by atoms with Gasteiger partial charge in [0.25, 0.3) is 0 Å². The first-order valence-corrected chi connectivity index (χ1v) is 6.45. The van der Waals surface area contributed by atoms with Gasteiger partial charge in [-0.15, -0.1) is 0 Å². The highest BCUT2D eigenvalue weighted by molar-refractivity contribution is 5.06. The number of aryl methyl sites for hydroxylation is 2. The van der Waals surface area contributed by atoms with E-state index in [1.165, 1.54) is 57.1 Å². The van der Waals surface area contributed by atoms with Crippen molar-refractivity contribution in [3.8, 4) is 0 Å². The highest BCUT2D eigenvalue weighted by atomic mass is 14.9. The fourth-order valence-corrected chi connectivity index (χ4v) is 1.95. The fourth-order valence-electron chi connectivity index (χ4n) is 1.95. The molecule has 0 aliphatic heterocycles. The van der Waals surface area contributed by atoms with E-state index in [4.69, 9.17) is 0 Å². The molecular formula is C14H25N. The Labute approximate surface area is 94.5 Å². The lowest BCUT2D eigenvalue weighted by molar-refractivity contribution is 0.551. The minimum absolute atomic E-state index is 1.20. The first kappa shape index (κ1) is 12.4. The summed E-state index contributed by atoms with van der Waals surface area (Å²) < 4.78 is 2.31. The maximum absolute atomic E-state index is 2.31. The van der Waals surface area contributed by atoms with Crippen molar-refractivity contribution in [1.82, 2.24) is 4.57 Å². The van der Waals surface area contributed by atoms with Gasteiger partial charge >= 0.3 is 0 Å². The Kier molecular flexibility index (Phi) is 6.22. The third-order valence-corrected chi connectivity index (χ3v) is 2.92. The summed E-state index contributed by atoms with van der Waals surface area (Å²) in [6.07, 6.45) is 14.2. The van der Waals surface area contributed by atoms with Gasteiger partial charge in [-0.25, -0.2) is 0 Å². The molecule has 0 radical (unpaired) electrons. The zero-order valence-corrected chi connectivity index (χ0v) is 10.3. The van der Waals surface area contributed by atoms with Gasteiger partial charge in [-0.3, -0.25) is 0 Å². The van der Waals surface area contributed by atoms with E-state index < -0.39 is 0 Å². The Morgan fingerprint density at radius 2 is 1.67 bits per heavy atom. The lowest BCUT2D eigenvalue weighted by atomic mass is 10.1. The molecule has 1 aromatic rings. The molecule has 0 saturated heterocycles. The molecule has 0 aromatic carbocycles. The molecule has 0 N–H and O–H groups in total. The highest BCUT2D eigenvalue weighted by Crippen LogP contribution is 2.08. The topological polar surface area (TPSA) is 4.93 Å². The molecule has 86 valence electrons. The van der Waals surface area contributed by atoms with Crippen LogP contribution >= 0.6 is 0 Å². The Hall–Kier alpha value is -0.720. The van der Waals surface area contributed by atoms with Gasteiger partial charge in [-0.1, -0.05) is 45.4 Å². The first-order valence-electron chi connectivity index (χ1n) is 6.45. The van der Waals surface area contributed by atoms with Crippen molar-refractivity contribution in [2.45, 2.75) is 65.3 Å². The summed E-state index contributed by atoms with van der Waals surface area (Å²) in [5, 5.41) is 0. The van der Waals surface area contributed by atoms with E-state index in [1.54, 1.807) is 0 Å². The maximum Gasteiger partial charge on any atom is 0.0219 e. The molecule has 1 nitrogen and oxygen atoms in total. The summed E-state index contributed by atoms with van der Waals surface area (Å²) in [4.78, 5) is 0. The molecule has 1 rings (SSSR count). The lowest BCUT2D eigenvalue weighted by Crippen LogP contribution is -1.93. The van der Waals surface area contributed by atoms with E-state index in [0.717, 1.165) is 0 Å². The van der Waals surface area contributed by atoms with Crippen LogP contribution in [0.5, 0.6) is 0 Å². The van der Waals surface area contributed by atoms with Gasteiger partial charge in [-0.05, 0) is 25.0 Å². The molecule has 0 saturated carbocycles. The molecule has 1 aromatic heterocycles. The second-order valence-electron chi connectivity index (χ2n) is 4.55. The molecule has 1 heteroatoms. The van der Waals surface area contributed by atoms with Crippen molar-refractivity contribution in [1.29, 1.82) is 0 Å². The largest absolute Gasteiger partial charge is 0.354 e. The van der Waals surface area contributed by atoms with E-state index >= 15 is 0 Å². The second-order valence-corrected chi connectivity index (χ2v) is 4.55. The number of hydrogen-bond acceptors (Lipinski definition) is 0. The number of nitrogens with zero attached hydrogens (tertiary/aromatic N) is 1. The quantitative estimate of drug-likeness (QED) is 0.551. The first-order chi connectivity index (χ1) is 7.33. The molecule has 15 heavy (non-hydrogen) atoms. The van der Waals surface area contributed by atoms with Crippen LogP contribution in [-0.2, 0) is 6.54 Å². The SMILES string of the molecule is CCCCCCCCCn1ccc(C)c1. The van der Waals surface area contributed by atoms with Crippen LogP contribution < -0.4 is 0 Å². The standard InChI is InChI=1S/C14H25N/c1-3-4-5-6-7-8-9-11-15-12-10-14(2)13-15/h10,12-13H,3-9,11H2,1-2H3. The van der Waals surface area contributed by atoms with E-state index in [2.05, 4.69) is 36.9 Å². The minimum Gasteiger partial charge on any atom is -0.354 e. The Balaban J connectivity index is 1.93. The van der Waals surface area contributed by atoms with E-state index in [9.17, 15) is 0 Å². The summed E-state index contributed by atoms with van der Waals surface area (Å²) >= 11 is 0. The van der Waals surface area contributed by atoms with Gasteiger partial charge in [-0.2, -0.15) is 0 Å². The summed E-state index contributed by atoms with van der Waals surface area (Å²) in [7, 11) is 0. The van der Waals surface area contributed by atoms with Crippen molar-refractivity contribution in [2.75, 3.05) is 0 Å². The molecular weight excluding hydrogens is 182 g/mol. The highest BCUT2D eigenvalue weighted by Gasteiger charge is 1.93. The van der Waals surface area contributed by atoms with Crippen molar-refractivity contribution in [3.63, 3.8) is 0 Å². The molecule has 0 unspecified atom stereocenters. The molecule has 0 bridgehead atoms. The van der Waals surface area contributed by atoms with Crippen molar-refractivity contribution < 1.29 is 0 Å². The van der Waals surface area contributed by atoms with Crippen LogP contribution in [0.4, 0.5) is 0 Å². The summed E-state index contributed by atoms with van der Waals surface area (Å²) in [6.45, 7) is 5.62. The summed E-state index contributed by atoms with van der Waals surface area (Å²) in [6, 6.07) is 2.18. The van der Waals surface area contributed by atoms with Gasteiger partial charge in [0.1, 0.15) is 0 Å². The zero-order valence-electron chi connectivity index (χ0n) is 10.3. The van der Waals surface area contributed by atoms with Crippen molar-refractivity contribution >= 4 is 0 Å². The van der Waals surface area contributed by atoms with Crippen molar-refractivity contribution in [2.24, 2.45) is 0 Å². The van der Waals surface area contributed by atoms with Gasteiger partial charge in [0.15, 0.2) is 0 Å². The van der Waals surface area contributed by atoms with Gasteiger partial charge in [0.2, 0.25) is 0 Å². The third-order valence-electron chi connectivity index (χ3n) is 2.92. The number of rotatable bonds is 8. The summed E-state index contributed by atoms with van der Waals surface area (Å²) in [5.41, 5.74) is 1.37. The molecule has 0 atom stereocenters. The van der Waals surface area contributed by atoms with Gasteiger partial charge < -0.3 is 4.57 Å². The van der Waals surface area contributed by atoms with Gasteiger partial charge in [0.05, 0.1) is 0 Å². The normalized spacial score (nSPS) is 10.8. The van der Waals surface area contributed by atoms with Crippen LogP contribution in [0.15, 0.2) is 18.5 Å². The average molecular weight is 207 g/mol. The molecule has 0 amide bonds.